The minimum atomic E-state index is -0.903. The summed E-state index contributed by atoms with van der Waals surface area (Å²) in [5.74, 6) is 0.130. The number of rotatable bonds is 12. The highest BCUT2D eigenvalue weighted by atomic mass is 16.5. The number of nitrogens with zero attached hydrogens (tertiary/aromatic N) is 1. The molecule has 1 saturated heterocycles. The Morgan fingerprint density at radius 2 is 1.67 bits per heavy atom. The van der Waals surface area contributed by atoms with Crippen LogP contribution in [-0.4, -0.2) is 71.7 Å². The van der Waals surface area contributed by atoms with Gasteiger partial charge in [-0.15, -0.1) is 0 Å². The molecule has 1 heterocycles. The first-order valence-corrected chi connectivity index (χ1v) is 13.1. The number of benzene rings is 2. The fourth-order valence-corrected chi connectivity index (χ4v) is 4.70. The number of ether oxygens (including phenoxy) is 4. The second-order valence-electron chi connectivity index (χ2n) is 10.4. The highest BCUT2D eigenvalue weighted by molar-refractivity contribution is 6.46. The Morgan fingerprint density at radius 3 is 2.18 bits per heavy atom. The molecule has 1 atom stereocenters. The number of carbonyl (C=O) groups excluding carboxylic acids is 2. The Balaban J connectivity index is 2.18. The predicted molar refractivity (Wildman–Crippen MR) is 146 cm³/mol. The number of amides is 1. The van der Waals surface area contributed by atoms with Gasteiger partial charge in [0.1, 0.15) is 5.75 Å². The third-order valence-electron chi connectivity index (χ3n) is 6.63. The average Bonchev–Trinajstić information content (AvgIpc) is 3.15. The number of carbonyl (C=O) groups is 2. The number of likely N-dealkylation sites (tertiary alicyclic amines) is 1. The first kappa shape index (κ1) is 29.8. The van der Waals surface area contributed by atoms with Gasteiger partial charge >= 0.3 is 0 Å². The maximum absolute atomic E-state index is 14.0. The Hall–Kier alpha value is -3.72. The van der Waals surface area contributed by atoms with Crippen LogP contribution in [0.3, 0.4) is 0 Å². The number of quaternary nitrogens is 1. The van der Waals surface area contributed by atoms with Crippen molar-refractivity contribution >= 4 is 17.4 Å². The molecule has 1 aliphatic rings. The van der Waals surface area contributed by atoms with Gasteiger partial charge in [-0.05, 0) is 53.8 Å². The van der Waals surface area contributed by atoms with Gasteiger partial charge in [-0.1, -0.05) is 25.7 Å². The molecule has 0 bridgehead atoms. The van der Waals surface area contributed by atoms with E-state index < -0.39 is 23.5 Å². The molecule has 0 aliphatic carbocycles. The normalized spacial score (nSPS) is 16.8. The zero-order valence-corrected chi connectivity index (χ0v) is 24.2. The molecule has 1 amide bonds. The monoisotopic (exact) mass is 540 g/mol. The third kappa shape index (κ3) is 6.47. The van der Waals surface area contributed by atoms with E-state index in [0.29, 0.717) is 65.2 Å². The molecule has 1 unspecified atom stereocenters. The molecule has 0 radical (unpaired) electrons. The second kappa shape index (κ2) is 12.9. The third-order valence-corrected chi connectivity index (χ3v) is 6.63. The van der Waals surface area contributed by atoms with E-state index in [9.17, 15) is 14.7 Å². The van der Waals surface area contributed by atoms with Crippen molar-refractivity contribution in [3.8, 4) is 23.0 Å². The van der Waals surface area contributed by atoms with Crippen LogP contribution in [0.2, 0.25) is 0 Å². The largest absolute Gasteiger partial charge is 0.872 e. The Morgan fingerprint density at radius 1 is 1.03 bits per heavy atom. The predicted octanol–water partition coefficient (Wildman–Crippen LogP) is 1.81. The molecule has 212 valence electrons. The molecule has 1 N–H and O–H groups in total. The van der Waals surface area contributed by atoms with E-state index in [1.165, 1.54) is 31.1 Å². The van der Waals surface area contributed by atoms with Gasteiger partial charge in [0.2, 0.25) is 11.5 Å². The van der Waals surface area contributed by atoms with E-state index in [1.54, 1.807) is 37.3 Å². The standard InChI is InChI=1S/C30H40N2O7/c1-18(2)17-39-21-10-11-22(19(3)14-21)27(33)25-26(32(30(35)28(25)34)13-9-12-31(4)5)20-15-23(36-6)29(38-8)24(16-20)37-7/h10-11,14-16,18,26,33H,9,12-13,17H2,1-8H3/b27-25+. The van der Waals surface area contributed by atoms with Gasteiger partial charge < -0.3 is 33.9 Å². The van der Waals surface area contributed by atoms with E-state index in [1.807, 2.05) is 14.1 Å². The van der Waals surface area contributed by atoms with Crippen LogP contribution in [0.4, 0.5) is 0 Å². The van der Waals surface area contributed by atoms with Gasteiger partial charge in [-0.2, -0.15) is 0 Å². The number of aryl methyl sites for hydroxylation is 1. The summed E-state index contributed by atoms with van der Waals surface area (Å²) in [6.45, 7) is 7.56. The van der Waals surface area contributed by atoms with Crippen LogP contribution in [0.1, 0.15) is 43.0 Å². The van der Waals surface area contributed by atoms with Crippen LogP contribution in [0.15, 0.2) is 35.9 Å². The Bertz CT molecular complexity index is 1210. The van der Waals surface area contributed by atoms with E-state index in [-0.39, 0.29) is 5.57 Å². The van der Waals surface area contributed by atoms with Gasteiger partial charge in [-0.3, -0.25) is 9.59 Å². The van der Waals surface area contributed by atoms with Crippen molar-refractivity contribution in [2.75, 3.05) is 55.1 Å². The number of nitrogens with one attached hydrogen (secondary N) is 1. The quantitative estimate of drug-likeness (QED) is 0.249. The summed E-state index contributed by atoms with van der Waals surface area (Å²) in [4.78, 5) is 29.4. The number of methoxy groups -OCH3 is 3. The van der Waals surface area contributed by atoms with Gasteiger partial charge in [0.15, 0.2) is 11.5 Å². The fourth-order valence-electron chi connectivity index (χ4n) is 4.70. The molecular formula is C30H40N2O7. The first-order valence-electron chi connectivity index (χ1n) is 13.1. The highest BCUT2D eigenvalue weighted by Crippen LogP contribution is 2.45. The topological polar surface area (TPSA) is 102 Å². The second-order valence-corrected chi connectivity index (χ2v) is 10.4. The van der Waals surface area contributed by atoms with E-state index in [4.69, 9.17) is 18.9 Å². The van der Waals surface area contributed by atoms with Crippen LogP contribution in [0.25, 0.3) is 5.76 Å². The molecule has 1 aliphatic heterocycles. The van der Waals surface area contributed by atoms with Crippen LogP contribution in [-0.2, 0) is 9.59 Å². The van der Waals surface area contributed by atoms with Gasteiger partial charge in [-0.25, -0.2) is 0 Å². The van der Waals surface area contributed by atoms with E-state index in [0.717, 1.165) is 6.54 Å². The van der Waals surface area contributed by atoms with Crippen molar-refractivity contribution in [3.63, 3.8) is 0 Å². The van der Waals surface area contributed by atoms with Crippen LogP contribution in [0.5, 0.6) is 23.0 Å². The lowest BCUT2D eigenvalue weighted by molar-refractivity contribution is -0.858. The average molecular weight is 541 g/mol. The number of hydrogen-bond donors (Lipinski definition) is 1. The van der Waals surface area contributed by atoms with Crippen molar-refractivity contribution in [1.82, 2.24) is 4.90 Å². The van der Waals surface area contributed by atoms with Crippen molar-refractivity contribution in [3.05, 3.63) is 52.6 Å². The van der Waals surface area contributed by atoms with Gasteiger partial charge in [0.05, 0.1) is 54.6 Å². The number of hydrogen-bond acceptors (Lipinski definition) is 7. The van der Waals surface area contributed by atoms with Gasteiger partial charge in [0.25, 0.3) is 5.91 Å². The lowest BCUT2D eigenvalue weighted by atomic mass is 9.93. The lowest BCUT2D eigenvalue weighted by Crippen LogP contribution is -3.05. The zero-order chi connectivity index (χ0) is 28.9. The lowest BCUT2D eigenvalue weighted by Gasteiger charge is -2.29. The molecule has 0 spiro atoms. The Labute approximate surface area is 230 Å². The van der Waals surface area contributed by atoms with E-state index in [2.05, 4.69) is 13.8 Å². The summed E-state index contributed by atoms with van der Waals surface area (Å²) < 4.78 is 22.3. The fraction of sp³-hybridized carbons (Fsp3) is 0.467. The van der Waals surface area contributed by atoms with E-state index >= 15 is 0 Å². The maximum Gasteiger partial charge on any atom is 0.295 e. The molecule has 0 saturated carbocycles. The molecule has 2 aromatic rings. The smallest absolute Gasteiger partial charge is 0.295 e. The first-order chi connectivity index (χ1) is 18.5. The molecule has 39 heavy (non-hydrogen) atoms. The summed E-state index contributed by atoms with van der Waals surface area (Å²) in [6.07, 6.45) is 0.657. The van der Waals surface area contributed by atoms with Crippen molar-refractivity contribution in [2.24, 2.45) is 5.92 Å². The SMILES string of the molecule is COc1cc(C2/C(=C(\[O-])c3ccc(OCC(C)C)cc3C)C(=O)C(=O)N2CCC[NH+](C)C)cc(OC)c1OC. The van der Waals surface area contributed by atoms with Crippen molar-refractivity contribution < 1.29 is 38.5 Å². The summed E-state index contributed by atoms with van der Waals surface area (Å²) >= 11 is 0. The summed E-state index contributed by atoms with van der Waals surface area (Å²) in [5, 5.41) is 14.0. The molecule has 1 fully saturated rings. The van der Waals surface area contributed by atoms with Crippen molar-refractivity contribution in [2.45, 2.75) is 33.2 Å². The molecule has 2 aromatic carbocycles. The molecule has 3 rings (SSSR count). The van der Waals surface area contributed by atoms with Crippen LogP contribution in [0, 0.1) is 12.8 Å². The van der Waals surface area contributed by atoms with Crippen LogP contribution >= 0.6 is 0 Å². The maximum atomic E-state index is 14.0. The number of ketones is 1. The molecule has 0 aromatic heterocycles. The summed E-state index contributed by atoms with van der Waals surface area (Å²) in [5.41, 5.74) is 1.44. The molecule has 9 nitrogen and oxygen atoms in total. The summed E-state index contributed by atoms with van der Waals surface area (Å²) in [7, 11) is 8.52. The summed E-state index contributed by atoms with van der Waals surface area (Å²) in [6, 6.07) is 7.62. The van der Waals surface area contributed by atoms with Gasteiger partial charge in [0, 0.05) is 18.5 Å². The minimum absolute atomic E-state index is 0.0922. The minimum Gasteiger partial charge on any atom is -0.872 e. The number of Topliss-reactive ketones (excluding diaryl/α,β-unsaturated/α-hetero) is 1. The molecular weight excluding hydrogens is 500 g/mol. The van der Waals surface area contributed by atoms with Crippen molar-refractivity contribution in [1.29, 1.82) is 0 Å². The highest BCUT2D eigenvalue weighted by Gasteiger charge is 2.44. The Kier molecular flexibility index (Phi) is 9.86. The zero-order valence-electron chi connectivity index (χ0n) is 24.2. The molecule has 9 heteroatoms. The van der Waals surface area contributed by atoms with Crippen LogP contribution < -0.4 is 29.0 Å².